The Hall–Kier alpha value is -3.86. The predicted molar refractivity (Wildman–Crippen MR) is 110 cm³/mol. The summed E-state index contributed by atoms with van der Waals surface area (Å²) in [7, 11) is 0. The van der Waals surface area contributed by atoms with Crippen molar-refractivity contribution in [3.05, 3.63) is 102 Å². The zero-order valence-corrected chi connectivity index (χ0v) is 15.6. The summed E-state index contributed by atoms with van der Waals surface area (Å²) in [5.74, 6) is 0.272. The first kappa shape index (κ1) is 18.5. The number of carboxylic acid groups (broad SMARTS) is 1. The highest BCUT2D eigenvalue weighted by Crippen LogP contribution is 2.26. The lowest BCUT2D eigenvalue weighted by molar-refractivity contribution is 0.0690. The van der Waals surface area contributed by atoms with E-state index in [1.807, 2.05) is 84.9 Å². The van der Waals surface area contributed by atoms with Crippen molar-refractivity contribution in [2.24, 2.45) is 0 Å². The second kappa shape index (κ2) is 8.44. The summed E-state index contributed by atoms with van der Waals surface area (Å²) in [6.07, 6.45) is 0. The van der Waals surface area contributed by atoms with Crippen molar-refractivity contribution in [1.29, 1.82) is 0 Å². The maximum absolute atomic E-state index is 12.2. The molecular weight excluding hydrogens is 366 g/mol. The molecule has 1 aromatic heterocycles. The van der Waals surface area contributed by atoms with E-state index in [1.165, 1.54) is 0 Å². The second-order valence-electron chi connectivity index (χ2n) is 6.44. The van der Waals surface area contributed by atoms with Crippen molar-refractivity contribution >= 4 is 16.9 Å². The SMILES string of the molecule is O=C(O)c1c(COc2ccccc2)nc2ccccc2c1COc1ccccc1. The molecule has 0 fully saturated rings. The summed E-state index contributed by atoms with van der Waals surface area (Å²) in [4.78, 5) is 16.7. The summed E-state index contributed by atoms with van der Waals surface area (Å²) < 4.78 is 11.7. The van der Waals surface area contributed by atoms with E-state index in [9.17, 15) is 9.90 Å². The third-order valence-electron chi connectivity index (χ3n) is 4.53. The van der Waals surface area contributed by atoms with E-state index in [-0.39, 0.29) is 18.8 Å². The van der Waals surface area contributed by atoms with Gasteiger partial charge in [-0.25, -0.2) is 9.78 Å². The van der Waals surface area contributed by atoms with Gasteiger partial charge in [-0.2, -0.15) is 0 Å². The zero-order valence-electron chi connectivity index (χ0n) is 15.6. The fourth-order valence-corrected chi connectivity index (χ4v) is 3.18. The van der Waals surface area contributed by atoms with Crippen LogP contribution >= 0.6 is 0 Å². The molecule has 0 saturated carbocycles. The maximum Gasteiger partial charge on any atom is 0.338 e. The number of rotatable bonds is 7. The van der Waals surface area contributed by atoms with Gasteiger partial charge >= 0.3 is 5.97 Å². The number of para-hydroxylation sites is 3. The molecule has 0 aliphatic rings. The number of aromatic nitrogens is 1. The third kappa shape index (κ3) is 4.19. The number of carbonyl (C=O) groups is 1. The number of nitrogens with zero attached hydrogens (tertiary/aromatic N) is 1. The van der Waals surface area contributed by atoms with Crippen molar-refractivity contribution in [1.82, 2.24) is 4.98 Å². The Morgan fingerprint density at radius 3 is 1.93 bits per heavy atom. The standard InChI is InChI=1S/C24H19NO4/c26-24(27)23-20(15-28-17-9-3-1-4-10-17)19-13-7-8-14-21(19)25-22(23)16-29-18-11-5-2-6-12-18/h1-14H,15-16H2,(H,26,27). The Bertz CT molecular complexity index is 1130. The van der Waals surface area contributed by atoms with Gasteiger partial charge < -0.3 is 14.6 Å². The van der Waals surface area contributed by atoms with Crippen LogP contribution in [0.1, 0.15) is 21.6 Å². The molecule has 1 N–H and O–H groups in total. The number of hydrogen-bond donors (Lipinski definition) is 1. The number of benzene rings is 3. The molecule has 0 spiro atoms. The molecule has 0 radical (unpaired) electrons. The van der Waals surface area contributed by atoms with Crippen LogP contribution in [0.15, 0.2) is 84.9 Å². The molecule has 5 heteroatoms. The number of carboxylic acids is 1. The maximum atomic E-state index is 12.2. The van der Waals surface area contributed by atoms with E-state index in [0.29, 0.717) is 28.3 Å². The fourth-order valence-electron chi connectivity index (χ4n) is 3.18. The van der Waals surface area contributed by atoms with Crippen molar-refractivity contribution in [3.63, 3.8) is 0 Å². The molecule has 0 bridgehead atoms. The van der Waals surface area contributed by atoms with Crippen LogP contribution < -0.4 is 9.47 Å². The number of pyridine rings is 1. The van der Waals surface area contributed by atoms with E-state index < -0.39 is 5.97 Å². The van der Waals surface area contributed by atoms with E-state index in [0.717, 1.165) is 5.39 Å². The highest BCUT2D eigenvalue weighted by atomic mass is 16.5. The quantitative estimate of drug-likeness (QED) is 0.480. The molecule has 3 aromatic carbocycles. The summed E-state index contributed by atoms with van der Waals surface area (Å²) >= 11 is 0. The molecule has 0 atom stereocenters. The van der Waals surface area contributed by atoms with E-state index in [1.54, 1.807) is 0 Å². The first-order valence-electron chi connectivity index (χ1n) is 9.22. The summed E-state index contributed by atoms with van der Waals surface area (Å²) in [6.45, 7) is 0.168. The molecular formula is C24H19NO4. The van der Waals surface area contributed by atoms with Gasteiger partial charge in [0.05, 0.1) is 16.8 Å². The highest BCUT2D eigenvalue weighted by Gasteiger charge is 2.21. The Balaban J connectivity index is 1.74. The third-order valence-corrected chi connectivity index (χ3v) is 4.53. The van der Waals surface area contributed by atoms with Gasteiger partial charge in [0.2, 0.25) is 0 Å². The minimum Gasteiger partial charge on any atom is -0.489 e. The molecule has 0 amide bonds. The van der Waals surface area contributed by atoms with Gasteiger partial charge in [0.1, 0.15) is 24.7 Å². The normalized spacial score (nSPS) is 10.6. The van der Waals surface area contributed by atoms with Crippen molar-refractivity contribution in [3.8, 4) is 11.5 Å². The fraction of sp³-hybridized carbons (Fsp3) is 0.0833. The Kier molecular flexibility index (Phi) is 5.38. The Labute approximate surface area is 168 Å². The Morgan fingerprint density at radius 2 is 1.31 bits per heavy atom. The topological polar surface area (TPSA) is 68.7 Å². The molecule has 0 unspecified atom stereocenters. The smallest absolute Gasteiger partial charge is 0.338 e. The lowest BCUT2D eigenvalue weighted by Crippen LogP contribution is -2.14. The predicted octanol–water partition coefficient (Wildman–Crippen LogP) is 5.09. The van der Waals surface area contributed by atoms with Crippen LogP contribution in [0.25, 0.3) is 10.9 Å². The number of hydrogen-bond acceptors (Lipinski definition) is 4. The molecule has 0 aliphatic heterocycles. The van der Waals surface area contributed by atoms with Crippen molar-refractivity contribution in [2.75, 3.05) is 0 Å². The first-order chi connectivity index (χ1) is 14.2. The van der Waals surface area contributed by atoms with Gasteiger partial charge in [0.25, 0.3) is 0 Å². The van der Waals surface area contributed by atoms with Crippen LogP contribution in [-0.2, 0) is 13.2 Å². The minimum atomic E-state index is -1.05. The molecule has 5 nitrogen and oxygen atoms in total. The lowest BCUT2D eigenvalue weighted by atomic mass is 10.0. The largest absolute Gasteiger partial charge is 0.489 e. The van der Waals surface area contributed by atoms with Gasteiger partial charge in [-0.1, -0.05) is 54.6 Å². The number of aromatic carboxylic acids is 1. The number of fused-ring (bicyclic) bond motifs is 1. The monoisotopic (exact) mass is 385 g/mol. The first-order valence-corrected chi connectivity index (χ1v) is 9.22. The van der Waals surface area contributed by atoms with E-state index in [2.05, 4.69) is 4.98 Å². The molecule has 4 aromatic rings. The lowest BCUT2D eigenvalue weighted by Gasteiger charge is -2.16. The Morgan fingerprint density at radius 1 is 0.759 bits per heavy atom. The van der Waals surface area contributed by atoms with E-state index >= 15 is 0 Å². The van der Waals surface area contributed by atoms with Gasteiger partial charge in [-0.05, 0) is 30.3 Å². The average molecular weight is 385 g/mol. The second-order valence-corrected chi connectivity index (χ2v) is 6.44. The summed E-state index contributed by atoms with van der Waals surface area (Å²) in [5.41, 5.74) is 1.77. The molecule has 0 saturated heterocycles. The number of ether oxygens (including phenoxy) is 2. The molecule has 144 valence electrons. The van der Waals surface area contributed by atoms with Gasteiger partial charge in [0, 0.05) is 10.9 Å². The highest BCUT2D eigenvalue weighted by molar-refractivity contribution is 5.97. The average Bonchev–Trinajstić information content (AvgIpc) is 2.77. The van der Waals surface area contributed by atoms with Crippen LogP contribution in [0.4, 0.5) is 0 Å². The summed E-state index contributed by atoms with van der Waals surface area (Å²) in [6, 6.07) is 26.0. The van der Waals surface area contributed by atoms with Gasteiger partial charge in [0.15, 0.2) is 0 Å². The van der Waals surface area contributed by atoms with Crippen LogP contribution in [0.5, 0.6) is 11.5 Å². The minimum absolute atomic E-state index is 0.0504. The van der Waals surface area contributed by atoms with Crippen LogP contribution in [0.3, 0.4) is 0 Å². The van der Waals surface area contributed by atoms with Crippen LogP contribution in [-0.4, -0.2) is 16.1 Å². The van der Waals surface area contributed by atoms with Crippen molar-refractivity contribution in [2.45, 2.75) is 13.2 Å². The molecule has 0 aliphatic carbocycles. The van der Waals surface area contributed by atoms with Crippen LogP contribution in [0.2, 0.25) is 0 Å². The van der Waals surface area contributed by atoms with Gasteiger partial charge in [-0.3, -0.25) is 0 Å². The zero-order chi connectivity index (χ0) is 20.1. The summed E-state index contributed by atoms with van der Waals surface area (Å²) in [5, 5.41) is 10.7. The molecule has 1 heterocycles. The van der Waals surface area contributed by atoms with Gasteiger partial charge in [-0.15, -0.1) is 0 Å². The van der Waals surface area contributed by atoms with Crippen molar-refractivity contribution < 1.29 is 19.4 Å². The molecule has 4 rings (SSSR count). The van der Waals surface area contributed by atoms with Crippen LogP contribution in [0, 0.1) is 0 Å². The van der Waals surface area contributed by atoms with E-state index in [4.69, 9.17) is 9.47 Å². The molecule has 29 heavy (non-hydrogen) atoms.